The van der Waals surface area contributed by atoms with Gasteiger partial charge in [-0.2, -0.15) is 0 Å². The molecule has 0 spiro atoms. The van der Waals surface area contributed by atoms with Crippen LogP contribution in [0.5, 0.6) is 0 Å². The molecule has 1 saturated carbocycles. The second-order valence-corrected chi connectivity index (χ2v) is 6.88. The van der Waals surface area contributed by atoms with E-state index in [0.717, 1.165) is 17.5 Å². The van der Waals surface area contributed by atoms with E-state index in [1.807, 2.05) is 6.20 Å². The van der Waals surface area contributed by atoms with Crippen molar-refractivity contribution in [2.45, 2.75) is 38.8 Å². The highest BCUT2D eigenvalue weighted by Gasteiger charge is 2.38. The molecule has 22 heavy (non-hydrogen) atoms. The standard InChI is InChI=1S/C17H22N4S/c1-3-18-17(20-11-16-19-10-12(2)22-16)21-15-9-14(15)13-7-5-4-6-8-13/h4-8,10,14-15H,3,9,11H2,1-2H3,(H2,18,20,21). The zero-order valence-electron chi connectivity index (χ0n) is 13.0. The average molecular weight is 314 g/mol. The van der Waals surface area contributed by atoms with E-state index >= 15 is 0 Å². The molecular weight excluding hydrogens is 292 g/mol. The van der Waals surface area contributed by atoms with Crippen LogP contribution in [0.4, 0.5) is 0 Å². The van der Waals surface area contributed by atoms with Crippen LogP contribution in [0.2, 0.25) is 0 Å². The summed E-state index contributed by atoms with van der Waals surface area (Å²) >= 11 is 1.71. The van der Waals surface area contributed by atoms with Crippen LogP contribution in [-0.4, -0.2) is 23.5 Å². The third kappa shape index (κ3) is 3.85. The number of nitrogens with one attached hydrogen (secondary N) is 2. The van der Waals surface area contributed by atoms with Gasteiger partial charge in [0.1, 0.15) is 5.01 Å². The van der Waals surface area contributed by atoms with Crippen molar-refractivity contribution < 1.29 is 0 Å². The number of aryl methyl sites for hydroxylation is 1. The number of benzene rings is 1. The van der Waals surface area contributed by atoms with E-state index < -0.39 is 0 Å². The highest BCUT2D eigenvalue weighted by Crippen LogP contribution is 2.40. The fraction of sp³-hybridized carbons (Fsp3) is 0.412. The fourth-order valence-electron chi connectivity index (χ4n) is 2.54. The van der Waals surface area contributed by atoms with Gasteiger partial charge in [0, 0.05) is 29.6 Å². The van der Waals surface area contributed by atoms with Crippen molar-refractivity contribution >= 4 is 17.3 Å². The summed E-state index contributed by atoms with van der Waals surface area (Å²) in [4.78, 5) is 10.2. The fourth-order valence-corrected chi connectivity index (χ4v) is 3.25. The average Bonchev–Trinajstić information content (AvgIpc) is 3.18. The molecule has 0 saturated heterocycles. The predicted molar refractivity (Wildman–Crippen MR) is 92.4 cm³/mol. The van der Waals surface area contributed by atoms with Gasteiger partial charge in [0.25, 0.3) is 0 Å². The Hall–Kier alpha value is -1.88. The van der Waals surface area contributed by atoms with Crippen LogP contribution >= 0.6 is 11.3 Å². The number of thiazole rings is 1. The van der Waals surface area contributed by atoms with Crippen LogP contribution in [-0.2, 0) is 6.54 Å². The molecule has 4 nitrogen and oxygen atoms in total. The molecule has 116 valence electrons. The normalized spacial score (nSPS) is 20.7. The van der Waals surface area contributed by atoms with E-state index in [9.17, 15) is 0 Å². The van der Waals surface area contributed by atoms with Crippen LogP contribution in [0.1, 0.15) is 34.7 Å². The van der Waals surface area contributed by atoms with Gasteiger partial charge < -0.3 is 10.6 Å². The maximum atomic E-state index is 4.65. The highest BCUT2D eigenvalue weighted by molar-refractivity contribution is 7.11. The molecule has 1 aromatic carbocycles. The zero-order chi connectivity index (χ0) is 15.4. The van der Waals surface area contributed by atoms with Crippen LogP contribution in [0.15, 0.2) is 41.5 Å². The molecule has 1 aliphatic rings. The Morgan fingerprint density at radius 2 is 2.18 bits per heavy atom. The number of hydrogen-bond acceptors (Lipinski definition) is 3. The Balaban J connectivity index is 1.58. The first-order valence-electron chi connectivity index (χ1n) is 7.77. The number of guanidine groups is 1. The molecule has 2 aromatic rings. The third-order valence-electron chi connectivity index (χ3n) is 3.73. The molecule has 2 unspecified atom stereocenters. The first-order chi connectivity index (χ1) is 10.8. The quantitative estimate of drug-likeness (QED) is 0.659. The van der Waals surface area contributed by atoms with Gasteiger partial charge in [-0.05, 0) is 25.8 Å². The van der Waals surface area contributed by atoms with Crippen LogP contribution in [0.3, 0.4) is 0 Å². The van der Waals surface area contributed by atoms with Gasteiger partial charge >= 0.3 is 0 Å². The molecule has 5 heteroatoms. The van der Waals surface area contributed by atoms with Crippen molar-refractivity contribution in [2.24, 2.45) is 4.99 Å². The Bertz CT molecular complexity index is 635. The minimum absolute atomic E-state index is 0.484. The Morgan fingerprint density at radius 3 is 2.86 bits per heavy atom. The lowest BCUT2D eigenvalue weighted by Crippen LogP contribution is -2.39. The zero-order valence-corrected chi connectivity index (χ0v) is 13.9. The summed E-state index contributed by atoms with van der Waals surface area (Å²) in [5, 5.41) is 7.91. The van der Waals surface area contributed by atoms with Gasteiger partial charge in [-0.15, -0.1) is 11.3 Å². The van der Waals surface area contributed by atoms with Crippen molar-refractivity contribution in [2.75, 3.05) is 6.54 Å². The Morgan fingerprint density at radius 1 is 1.36 bits per heavy atom. The molecule has 1 aliphatic carbocycles. The van der Waals surface area contributed by atoms with Crippen molar-refractivity contribution in [3.05, 3.63) is 52.0 Å². The second-order valence-electron chi connectivity index (χ2n) is 5.56. The molecule has 1 fully saturated rings. The van der Waals surface area contributed by atoms with Gasteiger partial charge in [0.2, 0.25) is 0 Å². The topological polar surface area (TPSA) is 49.3 Å². The van der Waals surface area contributed by atoms with E-state index in [2.05, 4.69) is 64.8 Å². The molecule has 2 atom stereocenters. The maximum absolute atomic E-state index is 4.65. The second kappa shape index (κ2) is 6.92. The van der Waals surface area contributed by atoms with Crippen LogP contribution < -0.4 is 10.6 Å². The van der Waals surface area contributed by atoms with Gasteiger partial charge in [-0.3, -0.25) is 0 Å². The summed E-state index contributed by atoms with van der Waals surface area (Å²) in [6.07, 6.45) is 3.08. The van der Waals surface area contributed by atoms with E-state index in [1.54, 1.807) is 11.3 Å². The number of aliphatic imine (C=N–C) groups is 1. The first-order valence-corrected chi connectivity index (χ1v) is 8.59. The first kappa shape index (κ1) is 15.0. The molecule has 1 heterocycles. The summed E-state index contributed by atoms with van der Waals surface area (Å²) in [5.74, 6) is 1.49. The van der Waals surface area contributed by atoms with E-state index in [4.69, 9.17) is 0 Å². The lowest BCUT2D eigenvalue weighted by Gasteiger charge is -2.11. The number of rotatable bonds is 5. The predicted octanol–water partition coefficient (Wildman–Crippen LogP) is 3.06. The number of nitrogens with zero attached hydrogens (tertiary/aromatic N) is 2. The maximum Gasteiger partial charge on any atom is 0.191 e. The van der Waals surface area contributed by atoms with Crippen molar-refractivity contribution in [3.63, 3.8) is 0 Å². The van der Waals surface area contributed by atoms with Crippen LogP contribution in [0.25, 0.3) is 0 Å². The summed E-state index contributed by atoms with van der Waals surface area (Å²) in [6.45, 7) is 5.66. The van der Waals surface area contributed by atoms with Gasteiger partial charge in [-0.25, -0.2) is 9.98 Å². The molecule has 0 amide bonds. The minimum Gasteiger partial charge on any atom is -0.357 e. The lowest BCUT2D eigenvalue weighted by atomic mass is 10.1. The van der Waals surface area contributed by atoms with Crippen molar-refractivity contribution in [3.8, 4) is 0 Å². The summed E-state index contributed by atoms with van der Waals surface area (Å²) < 4.78 is 0. The lowest BCUT2D eigenvalue weighted by molar-refractivity contribution is 0.794. The van der Waals surface area contributed by atoms with Crippen LogP contribution in [0, 0.1) is 6.92 Å². The van der Waals surface area contributed by atoms with Gasteiger partial charge in [0.15, 0.2) is 5.96 Å². The smallest absolute Gasteiger partial charge is 0.191 e. The van der Waals surface area contributed by atoms with E-state index in [-0.39, 0.29) is 0 Å². The molecule has 1 aromatic heterocycles. The number of hydrogen-bond donors (Lipinski definition) is 2. The Labute approximate surface area is 135 Å². The SMILES string of the molecule is CCNC(=NCc1ncc(C)s1)NC1CC1c1ccccc1. The number of aromatic nitrogens is 1. The Kier molecular flexibility index (Phi) is 4.73. The summed E-state index contributed by atoms with van der Waals surface area (Å²) in [7, 11) is 0. The highest BCUT2D eigenvalue weighted by atomic mass is 32.1. The van der Waals surface area contributed by atoms with Crippen molar-refractivity contribution in [1.29, 1.82) is 0 Å². The van der Waals surface area contributed by atoms with E-state index in [0.29, 0.717) is 18.5 Å². The van der Waals surface area contributed by atoms with Crippen molar-refractivity contribution in [1.82, 2.24) is 15.6 Å². The molecule has 3 rings (SSSR count). The molecule has 0 radical (unpaired) electrons. The largest absolute Gasteiger partial charge is 0.357 e. The molecule has 0 bridgehead atoms. The molecule has 0 aliphatic heterocycles. The van der Waals surface area contributed by atoms with Gasteiger partial charge in [-0.1, -0.05) is 30.3 Å². The minimum atomic E-state index is 0.484. The molecule has 2 N–H and O–H groups in total. The van der Waals surface area contributed by atoms with Gasteiger partial charge in [0.05, 0.1) is 6.54 Å². The summed E-state index contributed by atoms with van der Waals surface area (Å²) in [5.41, 5.74) is 1.41. The monoisotopic (exact) mass is 314 g/mol. The summed E-state index contributed by atoms with van der Waals surface area (Å²) in [6, 6.07) is 11.2. The third-order valence-corrected chi connectivity index (χ3v) is 4.62. The molecular formula is C17H22N4S. The van der Waals surface area contributed by atoms with E-state index in [1.165, 1.54) is 16.9 Å².